The molecule has 0 spiro atoms. The van der Waals surface area contributed by atoms with Gasteiger partial charge in [0.25, 0.3) is 5.56 Å². The SMILES string of the molecule is CCCn1c(N)c(C(=O)COC(=O)c2ccc(F)cc2Cl)c(=O)[nH]c1=O. The monoisotopic (exact) mass is 383 g/mol. The van der Waals surface area contributed by atoms with Gasteiger partial charge in [0, 0.05) is 6.54 Å². The highest BCUT2D eigenvalue weighted by atomic mass is 35.5. The number of H-pyrrole nitrogens is 1. The molecule has 0 aliphatic rings. The molecule has 10 heteroatoms. The van der Waals surface area contributed by atoms with E-state index in [0.29, 0.717) is 6.42 Å². The van der Waals surface area contributed by atoms with Crippen molar-refractivity contribution >= 4 is 29.2 Å². The first-order valence-electron chi connectivity index (χ1n) is 7.54. The molecule has 2 rings (SSSR count). The van der Waals surface area contributed by atoms with Crippen molar-refractivity contribution in [3.05, 3.63) is 61.0 Å². The molecule has 0 unspecified atom stereocenters. The number of halogens is 2. The highest BCUT2D eigenvalue weighted by Gasteiger charge is 2.21. The van der Waals surface area contributed by atoms with Crippen LogP contribution in [0, 0.1) is 5.82 Å². The maximum Gasteiger partial charge on any atom is 0.340 e. The molecule has 0 amide bonds. The van der Waals surface area contributed by atoms with Crippen LogP contribution in [0.5, 0.6) is 0 Å². The maximum absolute atomic E-state index is 13.0. The first-order valence-corrected chi connectivity index (χ1v) is 7.92. The van der Waals surface area contributed by atoms with E-state index in [-0.39, 0.29) is 22.9 Å². The fourth-order valence-corrected chi connectivity index (χ4v) is 2.48. The van der Waals surface area contributed by atoms with Crippen molar-refractivity contribution in [2.24, 2.45) is 0 Å². The lowest BCUT2D eigenvalue weighted by atomic mass is 10.2. The Bertz CT molecular complexity index is 983. The number of carbonyl (C=O) groups is 2. The molecule has 0 aliphatic carbocycles. The maximum atomic E-state index is 13.0. The quantitative estimate of drug-likeness (QED) is 0.573. The van der Waals surface area contributed by atoms with E-state index in [1.807, 2.05) is 4.98 Å². The van der Waals surface area contributed by atoms with Crippen LogP contribution >= 0.6 is 11.6 Å². The minimum atomic E-state index is -0.972. The number of rotatable bonds is 6. The third kappa shape index (κ3) is 3.99. The van der Waals surface area contributed by atoms with Gasteiger partial charge in [0.15, 0.2) is 6.61 Å². The smallest absolute Gasteiger partial charge is 0.340 e. The predicted octanol–water partition coefficient (Wildman–Crippen LogP) is 1.36. The van der Waals surface area contributed by atoms with E-state index >= 15 is 0 Å². The topological polar surface area (TPSA) is 124 Å². The molecule has 2 aromatic rings. The number of anilines is 1. The van der Waals surface area contributed by atoms with Crippen LogP contribution in [0.1, 0.15) is 34.1 Å². The highest BCUT2D eigenvalue weighted by molar-refractivity contribution is 6.33. The normalized spacial score (nSPS) is 10.6. The number of aromatic nitrogens is 2. The second kappa shape index (κ2) is 7.96. The fourth-order valence-electron chi connectivity index (χ4n) is 2.24. The van der Waals surface area contributed by atoms with Crippen molar-refractivity contribution in [3.63, 3.8) is 0 Å². The number of hydrogen-bond donors (Lipinski definition) is 2. The number of Topliss-reactive ketones (excluding diaryl/α,β-unsaturated/α-hetero) is 1. The number of nitrogens with zero attached hydrogens (tertiary/aromatic N) is 1. The van der Waals surface area contributed by atoms with Crippen LogP contribution in [0.4, 0.5) is 10.2 Å². The highest BCUT2D eigenvalue weighted by Crippen LogP contribution is 2.18. The van der Waals surface area contributed by atoms with Gasteiger partial charge < -0.3 is 10.5 Å². The molecule has 26 heavy (non-hydrogen) atoms. The molecule has 1 aromatic carbocycles. The van der Waals surface area contributed by atoms with E-state index in [9.17, 15) is 23.6 Å². The number of benzene rings is 1. The summed E-state index contributed by atoms with van der Waals surface area (Å²) in [6, 6.07) is 3.03. The zero-order chi connectivity index (χ0) is 19.4. The van der Waals surface area contributed by atoms with Gasteiger partial charge in [-0.25, -0.2) is 14.0 Å². The number of hydrogen-bond acceptors (Lipinski definition) is 6. The number of nitrogens with one attached hydrogen (secondary N) is 1. The van der Waals surface area contributed by atoms with E-state index in [1.54, 1.807) is 6.92 Å². The molecule has 0 saturated heterocycles. The van der Waals surface area contributed by atoms with Crippen LogP contribution in [0.25, 0.3) is 0 Å². The molecule has 1 heterocycles. The molecule has 0 atom stereocenters. The Morgan fingerprint density at radius 3 is 2.65 bits per heavy atom. The van der Waals surface area contributed by atoms with E-state index in [1.165, 1.54) is 0 Å². The van der Waals surface area contributed by atoms with Gasteiger partial charge in [-0.05, 0) is 24.6 Å². The average Bonchev–Trinajstić information content (AvgIpc) is 2.56. The number of nitrogen functional groups attached to an aromatic ring is 1. The van der Waals surface area contributed by atoms with Crippen molar-refractivity contribution in [1.82, 2.24) is 9.55 Å². The van der Waals surface area contributed by atoms with Crippen LogP contribution in [0.2, 0.25) is 5.02 Å². The molecule has 0 radical (unpaired) electrons. The first kappa shape index (κ1) is 19.4. The Kier molecular flexibility index (Phi) is 5.93. The molecular formula is C16H15ClFN3O5. The zero-order valence-corrected chi connectivity index (χ0v) is 14.4. The molecule has 3 N–H and O–H groups in total. The summed E-state index contributed by atoms with van der Waals surface area (Å²) >= 11 is 5.74. The van der Waals surface area contributed by atoms with Gasteiger partial charge in [0.1, 0.15) is 17.2 Å². The summed E-state index contributed by atoms with van der Waals surface area (Å²) in [7, 11) is 0. The van der Waals surface area contributed by atoms with E-state index < -0.39 is 41.0 Å². The largest absolute Gasteiger partial charge is 0.454 e. The van der Waals surface area contributed by atoms with Gasteiger partial charge in [0.2, 0.25) is 5.78 Å². The van der Waals surface area contributed by atoms with E-state index in [2.05, 4.69) is 0 Å². The third-order valence-electron chi connectivity index (χ3n) is 3.45. The van der Waals surface area contributed by atoms with Gasteiger partial charge in [-0.3, -0.25) is 19.1 Å². The van der Waals surface area contributed by atoms with Gasteiger partial charge in [0.05, 0.1) is 10.6 Å². The van der Waals surface area contributed by atoms with Crippen LogP contribution in [-0.2, 0) is 11.3 Å². The third-order valence-corrected chi connectivity index (χ3v) is 3.76. The molecule has 0 aliphatic heterocycles. The molecule has 138 valence electrons. The molecule has 0 saturated carbocycles. The van der Waals surface area contributed by atoms with Crippen molar-refractivity contribution in [1.29, 1.82) is 0 Å². The van der Waals surface area contributed by atoms with Crippen molar-refractivity contribution < 1.29 is 18.7 Å². The van der Waals surface area contributed by atoms with E-state index in [0.717, 1.165) is 22.8 Å². The summed E-state index contributed by atoms with van der Waals surface area (Å²) in [5.74, 6) is -2.80. The Hall–Kier alpha value is -2.94. The molecule has 0 fully saturated rings. The number of nitrogens with two attached hydrogens (primary N) is 1. The molecule has 1 aromatic heterocycles. The van der Waals surface area contributed by atoms with Crippen molar-refractivity contribution in [2.75, 3.05) is 12.3 Å². The van der Waals surface area contributed by atoms with E-state index in [4.69, 9.17) is 22.1 Å². The Balaban J connectivity index is 2.23. The minimum absolute atomic E-state index is 0.140. The number of esters is 1. The standard InChI is InChI=1S/C16H15ClFN3O5/c1-2-5-21-13(19)12(14(23)20-16(21)25)11(22)7-26-15(24)9-4-3-8(18)6-10(9)17/h3-4,6H,2,5,7,19H2,1H3,(H,20,23,25). The summed E-state index contributed by atoms with van der Waals surface area (Å²) in [6.45, 7) is 1.18. The van der Waals surface area contributed by atoms with Crippen LogP contribution < -0.4 is 17.0 Å². The molecular weight excluding hydrogens is 369 g/mol. The second-order valence-electron chi connectivity index (χ2n) is 5.29. The summed E-state index contributed by atoms with van der Waals surface area (Å²) < 4.78 is 18.9. The lowest BCUT2D eigenvalue weighted by Gasteiger charge is -2.11. The summed E-state index contributed by atoms with van der Waals surface area (Å²) in [4.78, 5) is 49.8. The lowest BCUT2D eigenvalue weighted by molar-refractivity contribution is 0.0474. The zero-order valence-electron chi connectivity index (χ0n) is 13.7. The van der Waals surface area contributed by atoms with Gasteiger partial charge in [-0.15, -0.1) is 0 Å². The first-order chi connectivity index (χ1) is 12.3. The Morgan fingerprint density at radius 2 is 2.04 bits per heavy atom. The number of ketones is 1. The van der Waals surface area contributed by atoms with Crippen LogP contribution in [-0.4, -0.2) is 27.9 Å². The van der Waals surface area contributed by atoms with Crippen LogP contribution in [0.15, 0.2) is 27.8 Å². The van der Waals surface area contributed by atoms with Gasteiger partial charge in [-0.2, -0.15) is 0 Å². The Labute approximate surface area is 151 Å². The Morgan fingerprint density at radius 1 is 1.35 bits per heavy atom. The second-order valence-corrected chi connectivity index (χ2v) is 5.70. The van der Waals surface area contributed by atoms with Crippen LogP contribution in [0.3, 0.4) is 0 Å². The average molecular weight is 384 g/mol. The minimum Gasteiger partial charge on any atom is -0.454 e. The van der Waals surface area contributed by atoms with Gasteiger partial charge in [-0.1, -0.05) is 18.5 Å². The number of aromatic amines is 1. The summed E-state index contributed by atoms with van der Waals surface area (Å²) in [5, 5.41) is -0.184. The fraction of sp³-hybridized carbons (Fsp3) is 0.250. The number of carbonyl (C=O) groups excluding carboxylic acids is 2. The molecule has 8 nitrogen and oxygen atoms in total. The predicted molar refractivity (Wildman–Crippen MR) is 92.0 cm³/mol. The summed E-state index contributed by atoms with van der Waals surface area (Å²) in [5.41, 5.74) is 3.43. The molecule has 0 bridgehead atoms. The van der Waals surface area contributed by atoms with Crippen molar-refractivity contribution in [2.45, 2.75) is 19.9 Å². The van der Waals surface area contributed by atoms with Gasteiger partial charge >= 0.3 is 11.7 Å². The van der Waals surface area contributed by atoms with Crippen molar-refractivity contribution in [3.8, 4) is 0 Å². The number of ether oxygens (including phenoxy) is 1. The summed E-state index contributed by atoms with van der Waals surface area (Å²) in [6.07, 6.45) is 0.543. The lowest BCUT2D eigenvalue weighted by Crippen LogP contribution is -2.37.